The van der Waals surface area contributed by atoms with Crippen LogP contribution in [0.5, 0.6) is 0 Å². The molecule has 0 aliphatic carbocycles. The van der Waals surface area contributed by atoms with Crippen molar-refractivity contribution in [2.45, 2.75) is 19.4 Å². The van der Waals surface area contributed by atoms with Crippen molar-refractivity contribution in [2.24, 2.45) is 18.7 Å². The van der Waals surface area contributed by atoms with Crippen molar-refractivity contribution in [1.82, 2.24) is 14.7 Å². The Labute approximate surface area is 91.1 Å². The van der Waals surface area contributed by atoms with E-state index >= 15 is 0 Å². The standard InChI is InChI=1S/C11H20N4/c1-14-7-11(6-13-14)9-15-5-3-10(8-15)2-4-12/h6-7,10H,2-5,8-9,12H2,1H3. The van der Waals surface area contributed by atoms with E-state index in [2.05, 4.69) is 16.2 Å². The monoisotopic (exact) mass is 208 g/mol. The van der Waals surface area contributed by atoms with Crippen LogP contribution in [0.2, 0.25) is 0 Å². The van der Waals surface area contributed by atoms with Gasteiger partial charge in [-0.2, -0.15) is 5.10 Å². The van der Waals surface area contributed by atoms with Crippen molar-refractivity contribution < 1.29 is 0 Å². The van der Waals surface area contributed by atoms with Crippen LogP contribution in [-0.4, -0.2) is 34.3 Å². The molecule has 1 atom stereocenters. The van der Waals surface area contributed by atoms with E-state index in [-0.39, 0.29) is 0 Å². The number of likely N-dealkylation sites (tertiary alicyclic amines) is 1. The van der Waals surface area contributed by atoms with Gasteiger partial charge in [-0.25, -0.2) is 0 Å². The van der Waals surface area contributed by atoms with Crippen LogP contribution in [0.25, 0.3) is 0 Å². The molecule has 1 fully saturated rings. The fourth-order valence-corrected chi connectivity index (χ4v) is 2.34. The zero-order chi connectivity index (χ0) is 10.7. The summed E-state index contributed by atoms with van der Waals surface area (Å²) in [5.41, 5.74) is 6.89. The molecule has 1 aromatic heterocycles. The average molecular weight is 208 g/mol. The van der Waals surface area contributed by atoms with Crippen LogP contribution in [0.4, 0.5) is 0 Å². The van der Waals surface area contributed by atoms with E-state index < -0.39 is 0 Å². The summed E-state index contributed by atoms with van der Waals surface area (Å²) in [6.07, 6.45) is 6.52. The quantitative estimate of drug-likeness (QED) is 0.788. The first-order valence-corrected chi connectivity index (χ1v) is 5.68. The fraction of sp³-hybridized carbons (Fsp3) is 0.727. The van der Waals surface area contributed by atoms with Gasteiger partial charge in [0.15, 0.2) is 0 Å². The highest BCUT2D eigenvalue weighted by atomic mass is 15.2. The molecule has 0 aromatic carbocycles. The van der Waals surface area contributed by atoms with Crippen molar-refractivity contribution in [3.05, 3.63) is 18.0 Å². The molecule has 84 valence electrons. The number of hydrogen-bond acceptors (Lipinski definition) is 3. The third kappa shape index (κ3) is 2.79. The Morgan fingerprint density at radius 3 is 3.13 bits per heavy atom. The van der Waals surface area contributed by atoms with Crippen molar-refractivity contribution in [3.8, 4) is 0 Å². The number of hydrogen-bond donors (Lipinski definition) is 1. The smallest absolute Gasteiger partial charge is 0.0534 e. The Morgan fingerprint density at radius 2 is 2.47 bits per heavy atom. The predicted octanol–water partition coefficient (Wildman–Crippen LogP) is 0.591. The normalized spacial score (nSPS) is 22.4. The van der Waals surface area contributed by atoms with Gasteiger partial charge in [-0.05, 0) is 31.8 Å². The molecule has 15 heavy (non-hydrogen) atoms. The molecule has 1 aliphatic rings. The minimum absolute atomic E-state index is 0.812. The summed E-state index contributed by atoms with van der Waals surface area (Å²) in [6, 6.07) is 0. The lowest BCUT2D eigenvalue weighted by Crippen LogP contribution is -2.20. The topological polar surface area (TPSA) is 47.1 Å². The van der Waals surface area contributed by atoms with E-state index in [1.165, 1.54) is 31.5 Å². The largest absolute Gasteiger partial charge is 0.330 e. The maximum atomic E-state index is 5.58. The molecule has 4 nitrogen and oxygen atoms in total. The molecular weight excluding hydrogens is 188 g/mol. The van der Waals surface area contributed by atoms with Crippen molar-refractivity contribution in [1.29, 1.82) is 0 Å². The SMILES string of the molecule is Cn1cc(CN2CCC(CCN)C2)cn1. The van der Waals surface area contributed by atoms with E-state index in [4.69, 9.17) is 5.73 Å². The number of nitrogens with zero attached hydrogens (tertiary/aromatic N) is 3. The number of aryl methyl sites for hydroxylation is 1. The Kier molecular flexibility index (Phi) is 3.38. The molecular formula is C11H20N4. The second-order valence-electron chi connectivity index (χ2n) is 4.49. The van der Waals surface area contributed by atoms with Gasteiger partial charge in [-0.3, -0.25) is 9.58 Å². The summed E-state index contributed by atoms with van der Waals surface area (Å²) >= 11 is 0. The molecule has 1 unspecified atom stereocenters. The van der Waals surface area contributed by atoms with Crippen LogP contribution in [0.3, 0.4) is 0 Å². The molecule has 2 heterocycles. The third-order valence-corrected chi connectivity index (χ3v) is 3.11. The molecule has 1 aliphatic heterocycles. The molecule has 1 saturated heterocycles. The molecule has 2 N–H and O–H groups in total. The van der Waals surface area contributed by atoms with E-state index in [0.29, 0.717) is 0 Å². The maximum Gasteiger partial charge on any atom is 0.0534 e. The van der Waals surface area contributed by atoms with Crippen molar-refractivity contribution in [2.75, 3.05) is 19.6 Å². The Balaban J connectivity index is 1.82. The summed E-state index contributed by atoms with van der Waals surface area (Å²) in [4.78, 5) is 2.50. The summed E-state index contributed by atoms with van der Waals surface area (Å²) in [5, 5.41) is 4.18. The first-order chi connectivity index (χ1) is 7.28. The highest BCUT2D eigenvalue weighted by Crippen LogP contribution is 2.20. The maximum absolute atomic E-state index is 5.58. The minimum atomic E-state index is 0.812. The molecule has 0 saturated carbocycles. The molecule has 0 bridgehead atoms. The van der Waals surface area contributed by atoms with Gasteiger partial charge in [0.05, 0.1) is 6.20 Å². The molecule has 0 spiro atoms. The van der Waals surface area contributed by atoms with E-state index in [9.17, 15) is 0 Å². The zero-order valence-corrected chi connectivity index (χ0v) is 9.39. The van der Waals surface area contributed by atoms with Gasteiger partial charge in [0.2, 0.25) is 0 Å². The van der Waals surface area contributed by atoms with Crippen LogP contribution < -0.4 is 5.73 Å². The third-order valence-electron chi connectivity index (χ3n) is 3.11. The molecule has 2 rings (SSSR count). The molecule has 4 heteroatoms. The van der Waals surface area contributed by atoms with Gasteiger partial charge in [-0.1, -0.05) is 0 Å². The van der Waals surface area contributed by atoms with Crippen LogP contribution in [0.15, 0.2) is 12.4 Å². The minimum Gasteiger partial charge on any atom is -0.330 e. The number of aromatic nitrogens is 2. The van der Waals surface area contributed by atoms with Crippen molar-refractivity contribution >= 4 is 0 Å². The highest BCUT2D eigenvalue weighted by molar-refractivity contribution is 5.03. The fourth-order valence-electron chi connectivity index (χ4n) is 2.34. The molecule has 0 amide bonds. The second kappa shape index (κ2) is 4.77. The summed E-state index contributed by atoms with van der Waals surface area (Å²) in [6.45, 7) is 4.27. The summed E-state index contributed by atoms with van der Waals surface area (Å²) in [7, 11) is 1.96. The van der Waals surface area contributed by atoms with E-state index in [1.54, 1.807) is 0 Å². The highest BCUT2D eigenvalue weighted by Gasteiger charge is 2.21. The van der Waals surface area contributed by atoms with Crippen LogP contribution in [0, 0.1) is 5.92 Å². The zero-order valence-electron chi connectivity index (χ0n) is 9.39. The Hall–Kier alpha value is -0.870. The van der Waals surface area contributed by atoms with Gasteiger partial charge in [0.25, 0.3) is 0 Å². The lowest BCUT2D eigenvalue weighted by molar-refractivity contribution is 0.314. The van der Waals surface area contributed by atoms with Gasteiger partial charge in [0, 0.05) is 31.9 Å². The van der Waals surface area contributed by atoms with Gasteiger partial charge < -0.3 is 5.73 Å². The summed E-state index contributed by atoms with van der Waals surface area (Å²) < 4.78 is 1.86. The lowest BCUT2D eigenvalue weighted by atomic mass is 10.1. The van der Waals surface area contributed by atoms with E-state index in [0.717, 1.165) is 19.0 Å². The van der Waals surface area contributed by atoms with Crippen LogP contribution >= 0.6 is 0 Å². The number of nitrogens with two attached hydrogens (primary N) is 1. The van der Waals surface area contributed by atoms with E-state index in [1.807, 2.05) is 17.9 Å². The van der Waals surface area contributed by atoms with Crippen molar-refractivity contribution in [3.63, 3.8) is 0 Å². The van der Waals surface area contributed by atoms with Crippen LogP contribution in [-0.2, 0) is 13.6 Å². The number of rotatable bonds is 4. The second-order valence-corrected chi connectivity index (χ2v) is 4.49. The summed E-state index contributed by atoms with van der Waals surface area (Å²) in [5.74, 6) is 0.812. The first-order valence-electron chi connectivity index (χ1n) is 5.68. The predicted molar refractivity (Wildman–Crippen MR) is 60.3 cm³/mol. The Morgan fingerprint density at radius 1 is 1.60 bits per heavy atom. The molecule has 0 radical (unpaired) electrons. The van der Waals surface area contributed by atoms with Gasteiger partial charge >= 0.3 is 0 Å². The van der Waals surface area contributed by atoms with Gasteiger partial charge in [0.1, 0.15) is 0 Å². The van der Waals surface area contributed by atoms with Crippen LogP contribution in [0.1, 0.15) is 18.4 Å². The Bertz CT molecular complexity index is 307. The average Bonchev–Trinajstić information content (AvgIpc) is 2.78. The van der Waals surface area contributed by atoms with Gasteiger partial charge in [-0.15, -0.1) is 0 Å². The first kappa shape index (κ1) is 10.6. The molecule has 1 aromatic rings. The lowest BCUT2D eigenvalue weighted by Gasteiger charge is -2.14.